The molecule has 1 fully saturated rings. The van der Waals surface area contributed by atoms with Crippen LogP contribution in [0.3, 0.4) is 0 Å². The molecule has 3 rings (SSSR count). The lowest BCUT2D eigenvalue weighted by Gasteiger charge is -2.32. The highest BCUT2D eigenvalue weighted by Gasteiger charge is 2.18. The van der Waals surface area contributed by atoms with Gasteiger partial charge in [-0.2, -0.15) is 0 Å². The SMILES string of the molecule is CC1CCN(c2ccc(NC(=O)C(C)Sc3nncn3C)cc2)CC1. The van der Waals surface area contributed by atoms with Crippen LogP contribution < -0.4 is 10.2 Å². The molecule has 7 heteroatoms. The first-order valence-corrected chi connectivity index (χ1v) is 9.57. The van der Waals surface area contributed by atoms with E-state index >= 15 is 0 Å². The predicted molar refractivity (Wildman–Crippen MR) is 102 cm³/mol. The molecule has 1 atom stereocenters. The van der Waals surface area contributed by atoms with Gasteiger partial charge >= 0.3 is 0 Å². The maximum atomic E-state index is 12.4. The van der Waals surface area contributed by atoms with E-state index in [0.29, 0.717) is 0 Å². The van der Waals surface area contributed by atoms with Crippen LogP contribution in [0.2, 0.25) is 0 Å². The summed E-state index contributed by atoms with van der Waals surface area (Å²) in [5, 5.41) is 11.3. The van der Waals surface area contributed by atoms with E-state index in [2.05, 4.69) is 39.5 Å². The van der Waals surface area contributed by atoms with E-state index in [-0.39, 0.29) is 11.2 Å². The van der Waals surface area contributed by atoms with Gasteiger partial charge in [-0.3, -0.25) is 4.79 Å². The van der Waals surface area contributed by atoms with Gasteiger partial charge in [-0.1, -0.05) is 18.7 Å². The van der Waals surface area contributed by atoms with Crippen molar-refractivity contribution in [1.29, 1.82) is 0 Å². The molecule has 2 aromatic rings. The molecule has 6 nitrogen and oxygen atoms in total. The highest BCUT2D eigenvalue weighted by molar-refractivity contribution is 8.00. The Hall–Kier alpha value is -2.02. The van der Waals surface area contributed by atoms with Gasteiger partial charge in [-0.05, 0) is 49.9 Å². The Balaban J connectivity index is 1.55. The van der Waals surface area contributed by atoms with Crippen molar-refractivity contribution in [2.24, 2.45) is 13.0 Å². The molecule has 1 aromatic carbocycles. The predicted octanol–water partition coefficient (Wildman–Crippen LogP) is 3.17. The summed E-state index contributed by atoms with van der Waals surface area (Å²) >= 11 is 1.40. The van der Waals surface area contributed by atoms with E-state index in [1.165, 1.54) is 30.3 Å². The standard InChI is InChI=1S/C18H25N5OS/c1-13-8-10-23(11-9-13)16-6-4-15(5-7-16)20-17(24)14(2)25-18-21-19-12-22(18)3/h4-7,12-14H,8-11H2,1-3H3,(H,20,24). The van der Waals surface area contributed by atoms with Crippen molar-refractivity contribution < 1.29 is 4.79 Å². The molecule has 0 spiro atoms. The molecule has 1 aliphatic rings. The molecule has 0 saturated carbocycles. The van der Waals surface area contributed by atoms with Crippen LogP contribution in [0.1, 0.15) is 26.7 Å². The number of aromatic nitrogens is 3. The van der Waals surface area contributed by atoms with Crippen molar-refractivity contribution in [1.82, 2.24) is 14.8 Å². The lowest BCUT2D eigenvalue weighted by atomic mass is 9.99. The monoisotopic (exact) mass is 359 g/mol. The Kier molecular flexibility index (Phi) is 5.63. The Labute approximate surface area is 153 Å². The third kappa shape index (κ3) is 4.54. The zero-order valence-corrected chi connectivity index (χ0v) is 15.8. The summed E-state index contributed by atoms with van der Waals surface area (Å²) in [6, 6.07) is 8.13. The van der Waals surface area contributed by atoms with Crippen LogP contribution in [-0.4, -0.2) is 39.0 Å². The minimum Gasteiger partial charge on any atom is -0.372 e. The number of nitrogens with zero attached hydrogens (tertiary/aromatic N) is 4. The van der Waals surface area contributed by atoms with Crippen LogP contribution in [-0.2, 0) is 11.8 Å². The fraction of sp³-hybridized carbons (Fsp3) is 0.500. The highest BCUT2D eigenvalue weighted by atomic mass is 32.2. The summed E-state index contributed by atoms with van der Waals surface area (Å²) in [6.07, 6.45) is 4.12. The fourth-order valence-corrected chi connectivity index (χ4v) is 3.65. The van der Waals surface area contributed by atoms with Gasteiger partial charge < -0.3 is 14.8 Å². The first-order chi connectivity index (χ1) is 12.0. The number of piperidine rings is 1. The molecule has 1 aliphatic heterocycles. The molecular formula is C18H25N5OS. The summed E-state index contributed by atoms with van der Waals surface area (Å²) in [6.45, 7) is 6.41. The van der Waals surface area contributed by atoms with Crippen LogP contribution in [0.4, 0.5) is 11.4 Å². The number of hydrogen-bond donors (Lipinski definition) is 1. The van der Waals surface area contributed by atoms with Crippen LogP contribution >= 0.6 is 11.8 Å². The van der Waals surface area contributed by atoms with E-state index in [4.69, 9.17) is 0 Å². The molecule has 0 radical (unpaired) electrons. The van der Waals surface area contributed by atoms with E-state index < -0.39 is 0 Å². The van der Waals surface area contributed by atoms with Gasteiger partial charge in [0, 0.05) is 31.5 Å². The number of carbonyl (C=O) groups excluding carboxylic acids is 1. The van der Waals surface area contributed by atoms with Crippen molar-refractivity contribution in [3.63, 3.8) is 0 Å². The molecule has 134 valence electrons. The number of aryl methyl sites for hydroxylation is 1. The highest BCUT2D eigenvalue weighted by Crippen LogP contribution is 2.25. The molecule has 25 heavy (non-hydrogen) atoms. The smallest absolute Gasteiger partial charge is 0.237 e. The molecule has 0 bridgehead atoms. The Bertz CT molecular complexity index is 707. The summed E-state index contributed by atoms with van der Waals surface area (Å²) < 4.78 is 1.81. The van der Waals surface area contributed by atoms with Crippen molar-refractivity contribution in [2.45, 2.75) is 37.1 Å². The third-order valence-corrected chi connectivity index (χ3v) is 5.75. The summed E-state index contributed by atoms with van der Waals surface area (Å²) in [7, 11) is 1.87. The van der Waals surface area contributed by atoms with Gasteiger partial charge in [0.15, 0.2) is 5.16 Å². The molecule has 1 saturated heterocycles. The van der Waals surface area contributed by atoms with Crippen LogP contribution in [0.25, 0.3) is 0 Å². The number of anilines is 2. The minimum absolute atomic E-state index is 0.0347. The zero-order chi connectivity index (χ0) is 17.8. The summed E-state index contributed by atoms with van der Waals surface area (Å²) in [4.78, 5) is 14.8. The normalized spacial score (nSPS) is 16.7. The summed E-state index contributed by atoms with van der Waals surface area (Å²) in [5.74, 6) is 0.787. The van der Waals surface area contributed by atoms with Gasteiger partial charge in [-0.25, -0.2) is 0 Å². The van der Waals surface area contributed by atoms with E-state index in [9.17, 15) is 4.79 Å². The number of carbonyl (C=O) groups is 1. The average Bonchev–Trinajstić information content (AvgIpc) is 3.01. The van der Waals surface area contributed by atoms with E-state index in [1.807, 2.05) is 30.7 Å². The zero-order valence-electron chi connectivity index (χ0n) is 15.0. The first-order valence-electron chi connectivity index (χ1n) is 8.69. The number of rotatable bonds is 5. The quantitative estimate of drug-likeness (QED) is 0.831. The Morgan fingerprint density at radius 1 is 1.28 bits per heavy atom. The number of benzene rings is 1. The molecule has 2 heterocycles. The van der Waals surface area contributed by atoms with Crippen LogP contribution in [0.5, 0.6) is 0 Å². The number of amides is 1. The Morgan fingerprint density at radius 2 is 1.96 bits per heavy atom. The number of nitrogens with one attached hydrogen (secondary N) is 1. The second kappa shape index (κ2) is 7.91. The van der Waals surface area contributed by atoms with E-state index in [1.54, 1.807) is 6.33 Å². The third-order valence-electron chi connectivity index (χ3n) is 4.60. The van der Waals surface area contributed by atoms with Crippen molar-refractivity contribution in [2.75, 3.05) is 23.3 Å². The topological polar surface area (TPSA) is 63.1 Å². The molecule has 1 aromatic heterocycles. The average molecular weight is 359 g/mol. The van der Waals surface area contributed by atoms with Crippen molar-refractivity contribution in [3.8, 4) is 0 Å². The fourth-order valence-electron chi connectivity index (χ4n) is 2.86. The molecule has 1 N–H and O–H groups in total. The summed E-state index contributed by atoms with van der Waals surface area (Å²) in [5.41, 5.74) is 2.05. The molecule has 0 aliphatic carbocycles. The van der Waals surface area contributed by atoms with Gasteiger partial charge in [0.1, 0.15) is 6.33 Å². The second-order valence-electron chi connectivity index (χ2n) is 6.69. The van der Waals surface area contributed by atoms with Crippen LogP contribution in [0, 0.1) is 5.92 Å². The minimum atomic E-state index is -0.244. The maximum Gasteiger partial charge on any atom is 0.237 e. The Morgan fingerprint density at radius 3 is 2.56 bits per heavy atom. The van der Waals surface area contributed by atoms with Crippen LogP contribution in [0.15, 0.2) is 35.7 Å². The number of thioether (sulfide) groups is 1. The number of hydrogen-bond acceptors (Lipinski definition) is 5. The van der Waals surface area contributed by atoms with E-state index in [0.717, 1.165) is 29.9 Å². The van der Waals surface area contributed by atoms with Gasteiger partial charge in [0.05, 0.1) is 5.25 Å². The molecule has 1 unspecified atom stereocenters. The van der Waals surface area contributed by atoms with Gasteiger partial charge in [-0.15, -0.1) is 10.2 Å². The van der Waals surface area contributed by atoms with Crippen molar-refractivity contribution in [3.05, 3.63) is 30.6 Å². The second-order valence-corrected chi connectivity index (χ2v) is 8.00. The first kappa shape index (κ1) is 17.8. The maximum absolute atomic E-state index is 12.4. The van der Waals surface area contributed by atoms with Gasteiger partial charge in [0.25, 0.3) is 0 Å². The largest absolute Gasteiger partial charge is 0.372 e. The molecule has 1 amide bonds. The van der Waals surface area contributed by atoms with Gasteiger partial charge in [0.2, 0.25) is 5.91 Å². The lowest BCUT2D eigenvalue weighted by Crippen LogP contribution is -2.32. The van der Waals surface area contributed by atoms with Crippen molar-refractivity contribution >= 4 is 29.0 Å². The lowest BCUT2D eigenvalue weighted by molar-refractivity contribution is -0.115. The molecular weight excluding hydrogens is 334 g/mol.